The van der Waals surface area contributed by atoms with Crippen molar-refractivity contribution in [3.8, 4) is 0 Å². The number of nitrogens with zero attached hydrogens (tertiary/aromatic N) is 1. The fraction of sp³-hybridized carbons (Fsp3) is 0.318. The molecule has 0 aliphatic carbocycles. The first-order chi connectivity index (χ1) is 16.7. The van der Waals surface area contributed by atoms with Crippen LogP contribution in [0.1, 0.15) is 45.1 Å². The summed E-state index contributed by atoms with van der Waals surface area (Å²) in [6.45, 7) is 4.49. The van der Waals surface area contributed by atoms with Crippen molar-refractivity contribution in [3.63, 3.8) is 0 Å². The number of aromatic nitrogens is 1. The van der Waals surface area contributed by atoms with E-state index in [-0.39, 0.29) is 34.9 Å². The molecule has 0 atom stereocenters. The van der Waals surface area contributed by atoms with Gasteiger partial charge in [-0.25, -0.2) is 13.1 Å². The highest BCUT2D eigenvalue weighted by molar-refractivity contribution is 7.90. The maximum absolute atomic E-state index is 12.5. The summed E-state index contributed by atoms with van der Waals surface area (Å²) in [5.41, 5.74) is 0.0532. The highest BCUT2D eigenvalue weighted by atomic mass is 32.2. The lowest BCUT2D eigenvalue weighted by atomic mass is 10.2. The third-order valence-electron chi connectivity index (χ3n) is 4.35. The van der Waals surface area contributed by atoms with Crippen LogP contribution in [-0.2, 0) is 24.3 Å². The fourth-order valence-electron chi connectivity index (χ4n) is 2.63. The van der Waals surface area contributed by atoms with Gasteiger partial charge in [0.25, 0.3) is 27.7 Å². The number of hydrogen-bond donors (Lipinski definition) is 3. The van der Waals surface area contributed by atoms with Crippen LogP contribution in [0.2, 0.25) is 0 Å². The average molecular weight is 507 g/mol. The van der Waals surface area contributed by atoms with E-state index in [0.29, 0.717) is 19.8 Å². The molecule has 0 aliphatic heterocycles. The van der Waals surface area contributed by atoms with Crippen LogP contribution in [0, 0.1) is 0 Å². The first-order valence-electron chi connectivity index (χ1n) is 10.6. The van der Waals surface area contributed by atoms with E-state index < -0.39 is 33.7 Å². The van der Waals surface area contributed by atoms with Gasteiger partial charge in [-0.3, -0.25) is 24.2 Å². The molecule has 0 unspecified atom stereocenters. The van der Waals surface area contributed by atoms with Crippen molar-refractivity contribution in [2.45, 2.75) is 18.7 Å². The van der Waals surface area contributed by atoms with Crippen molar-refractivity contribution >= 4 is 33.7 Å². The van der Waals surface area contributed by atoms with E-state index in [4.69, 9.17) is 9.47 Å². The van der Waals surface area contributed by atoms with Crippen LogP contribution < -0.4 is 15.4 Å². The summed E-state index contributed by atoms with van der Waals surface area (Å²) in [6, 6.07) is 7.46. The summed E-state index contributed by atoms with van der Waals surface area (Å²) < 4.78 is 36.8. The summed E-state index contributed by atoms with van der Waals surface area (Å²) in [6.07, 6.45) is 1.03. The topological polar surface area (TPSA) is 170 Å². The van der Waals surface area contributed by atoms with E-state index in [1.165, 1.54) is 36.4 Å². The molecule has 3 N–H and O–H groups in total. The zero-order chi connectivity index (χ0) is 25.8. The molecule has 0 spiro atoms. The average Bonchev–Trinajstić information content (AvgIpc) is 2.85. The van der Waals surface area contributed by atoms with Gasteiger partial charge in [-0.1, -0.05) is 0 Å². The van der Waals surface area contributed by atoms with Crippen molar-refractivity contribution in [1.29, 1.82) is 0 Å². The Kier molecular flexibility index (Phi) is 10.3. The number of benzene rings is 1. The maximum Gasteiger partial charge on any atom is 0.325 e. The Morgan fingerprint density at radius 3 is 2.14 bits per heavy atom. The number of carbonyl (C=O) groups is 4. The lowest BCUT2D eigenvalue weighted by Crippen LogP contribution is -2.32. The third-order valence-corrected chi connectivity index (χ3v) is 5.69. The SMILES string of the molecule is CCOCCNC(=O)c1ccc(S(=O)(=O)NC(=O)c2ccc(C(=O)NCC(=O)OCC)nc2)cc1. The highest BCUT2D eigenvalue weighted by Gasteiger charge is 2.20. The monoisotopic (exact) mass is 506 g/mol. The van der Waals surface area contributed by atoms with Gasteiger partial charge in [0, 0.05) is 24.9 Å². The largest absolute Gasteiger partial charge is 0.465 e. The summed E-state index contributed by atoms with van der Waals surface area (Å²) in [7, 11) is -4.23. The molecular weight excluding hydrogens is 480 g/mol. The minimum Gasteiger partial charge on any atom is -0.465 e. The number of pyridine rings is 1. The first kappa shape index (κ1) is 27.4. The summed E-state index contributed by atoms with van der Waals surface area (Å²) in [5.74, 6) is -2.64. The van der Waals surface area contributed by atoms with Crippen LogP contribution in [0.15, 0.2) is 47.5 Å². The second-order valence-corrected chi connectivity index (χ2v) is 8.51. The van der Waals surface area contributed by atoms with Crippen molar-refractivity contribution in [2.24, 2.45) is 0 Å². The van der Waals surface area contributed by atoms with E-state index in [1.807, 2.05) is 11.6 Å². The van der Waals surface area contributed by atoms with E-state index in [1.54, 1.807) is 6.92 Å². The molecule has 188 valence electrons. The van der Waals surface area contributed by atoms with Gasteiger partial charge in [0.05, 0.1) is 23.7 Å². The predicted octanol–water partition coefficient (Wildman–Crippen LogP) is 0.260. The Morgan fingerprint density at radius 1 is 0.857 bits per heavy atom. The third kappa shape index (κ3) is 8.46. The van der Waals surface area contributed by atoms with Gasteiger partial charge in [0.1, 0.15) is 12.2 Å². The van der Waals surface area contributed by atoms with Gasteiger partial charge < -0.3 is 20.1 Å². The Labute approximate surface area is 202 Å². The zero-order valence-electron chi connectivity index (χ0n) is 19.2. The van der Waals surface area contributed by atoms with Crippen LogP contribution >= 0.6 is 0 Å². The molecule has 3 amide bonds. The molecule has 35 heavy (non-hydrogen) atoms. The van der Waals surface area contributed by atoms with Gasteiger partial charge in [0.2, 0.25) is 0 Å². The minimum absolute atomic E-state index is 0.0798. The van der Waals surface area contributed by atoms with Crippen molar-refractivity contribution < 1.29 is 37.1 Å². The molecule has 1 aromatic carbocycles. The van der Waals surface area contributed by atoms with Crippen LogP contribution in [0.25, 0.3) is 0 Å². The van der Waals surface area contributed by atoms with Crippen LogP contribution in [-0.4, -0.2) is 70.0 Å². The quantitative estimate of drug-likeness (QED) is 0.270. The molecule has 13 heteroatoms. The minimum atomic E-state index is -4.23. The normalized spacial score (nSPS) is 10.8. The standard InChI is InChI=1S/C22H26N4O8S/c1-3-33-12-11-23-20(28)15-5-8-17(9-6-15)35(31,32)26-21(29)16-7-10-18(24-13-16)22(30)25-14-19(27)34-4-2/h5-10,13H,3-4,11-12,14H2,1-2H3,(H,23,28)(H,25,30)(H,26,29). The molecule has 1 heterocycles. The summed E-state index contributed by atoms with van der Waals surface area (Å²) in [5, 5.41) is 4.95. The van der Waals surface area contributed by atoms with Crippen LogP contribution in [0.5, 0.6) is 0 Å². The summed E-state index contributed by atoms with van der Waals surface area (Å²) in [4.78, 5) is 51.3. The van der Waals surface area contributed by atoms with Crippen LogP contribution in [0.4, 0.5) is 0 Å². The van der Waals surface area contributed by atoms with Crippen molar-refractivity contribution in [2.75, 3.05) is 32.9 Å². The lowest BCUT2D eigenvalue weighted by molar-refractivity contribution is -0.141. The molecule has 1 aromatic heterocycles. The highest BCUT2D eigenvalue weighted by Crippen LogP contribution is 2.12. The lowest BCUT2D eigenvalue weighted by Gasteiger charge is -2.09. The molecule has 0 saturated heterocycles. The Balaban J connectivity index is 1.97. The number of esters is 1. The molecule has 2 rings (SSSR count). The molecule has 0 saturated carbocycles. The summed E-state index contributed by atoms with van der Waals surface area (Å²) >= 11 is 0. The Hall–Kier alpha value is -3.84. The number of hydrogen-bond acceptors (Lipinski definition) is 9. The van der Waals surface area contributed by atoms with Gasteiger partial charge in [-0.2, -0.15) is 0 Å². The second-order valence-electron chi connectivity index (χ2n) is 6.83. The Bertz CT molecular complexity index is 1150. The molecule has 2 aromatic rings. The molecule has 12 nitrogen and oxygen atoms in total. The smallest absolute Gasteiger partial charge is 0.325 e. The maximum atomic E-state index is 12.5. The molecular formula is C22H26N4O8S. The number of nitrogens with one attached hydrogen (secondary N) is 3. The van der Waals surface area contributed by atoms with E-state index in [9.17, 15) is 27.6 Å². The second kappa shape index (κ2) is 13.2. The molecule has 0 radical (unpaired) electrons. The molecule has 0 bridgehead atoms. The zero-order valence-corrected chi connectivity index (χ0v) is 20.0. The van der Waals surface area contributed by atoms with Gasteiger partial charge in [-0.05, 0) is 50.2 Å². The van der Waals surface area contributed by atoms with Gasteiger partial charge in [-0.15, -0.1) is 0 Å². The predicted molar refractivity (Wildman–Crippen MR) is 123 cm³/mol. The molecule has 0 aliphatic rings. The van der Waals surface area contributed by atoms with Gasteiger partial charge >= 0.3 is 5.97 Å². The van der Waals surface area contributed by atoms with Crippen molar-refractivity contribution in [3.05, 3.63) is 59.4 Å². The number of amides is 3. The number of sulfonamides is 1. The molecule has 0 fully saturated rings. The van der Waals surface area contributed by atoms with E-state index >= 15 is 0 Å². The van der Waals surface area contributed by atoms with Crippen molar-refractivity contribution in [1.82, 2.24) is 20.3 Å². The van der Waals surface area contributed by atoms with E-state index in [2.05, 4.69) is 15.6 Å². The first-order valence-corrected chi connectivity index (χ1v) is 12.1. The number of ether oxygens (including phenoxy) is 2. The van der Waals surface area contributed by atoms with E-state index in [0.717, 1.165) is 6.20 Å². The Morgan fingerprint density at radius 2 is 1.54 bits per heavy atom. The van der Waals surface area contributed by atoms with Crippen LogP contribution in [0.3, 0.4) is 0 Å². The van der Waals surface area contributed by atoms with Gasteiger partial charge in [0.15, 0.2) is 0 Å². The number of rotatable bonds is 12. The fourth-order valence-corrected chi connectivity index (χ4v) is 3.60. The number of carbonyl (C=O) groups excluding carboxylic acids is 4.